The summed E-state index contributed by atoms with van der Waals surface area (Å²) in [7, 11) is 0. The third kappa shape index (κ3) is 2.47. The Kier molecular flexibility index (Phi) is 3.55. The first-order valence-corrected chi connectivity index (χ1v) is 7.49. The molecule has 3 N–H and O–H groups in total. The van der Waals surface area contributed by atoms with Crippen molar-refractivity contribution in [2.75, 3.05) is 11.9 Å². The smallest absolute Gasteiger partial charge is 0.107 e. The van der Waals surface area contributed by atoms with Crippen LogP contribution in [0.15, 0.2) is 30.5 Å². The first-order chi connectivity index (χ1) is 10.0. The van der Waals surface area contributed by atoms with Gasteiger partial charge in [-0.3, -0.25) is 4.98 Å². The van der Waals surface area contributed by atoms with E-state index in [0.717, 1.165) is 35.2 Å². The Morgan fingerprint density at radius 1 is 1.48 bits per heavy atom. The molecular formula is C16H19N3OS. The third-order valence-corrected chi connectivity index (χ3v) is 4.56. The van der Waals surface area contributed by atoms with Gasteiger partial charge in [-0.15, -0.1) is 0 Å². The standard InChI is InChI=1S/C16H19N3OS/c1-10-16(2,7-8-20-10)19-14-11-5-3-4-6-13(11)18-9-12(14)15(17)21/h3-6,9-10H,7-8H2,1-2H3,(H2,17,21)(H,18,19). The summed E-state index contributed by atoms with van der Waals surface area (Å²) in [5.74, 6) is 0. The van der Waals surface area contributed by atoms with Crippen LogP contribution < -0.4 is 11.1 Å². The number of hydrogen-bond donors (Lipinski definition) is 2. The molecule has 1 aromatic carbocycles. The summed E-state index contributed by atoms with van der Waals surface area (Å²) < 4.78 is 5.71. The minimum atomic E-state index is -0.135. The van der Waals surface area contributed by atoms with E-state index in [1.807, 2.05) is 24.3 Å². The number of aromatic nitrogens is 1. The average Bonchev–Trinajstić information content (AvgIpc) is 2.78. The largest absolute Gasteiger partial charge is 0.389 e. The van der Waals surface area contributed by atoms with Gasteiger partial charge < -0.3 is 15.8 Å². The highest BCUT2D eigenvalue weighted by molar-refractivity contribution is 7.80. The van der Waals surface area contributed by atoms with Crippen molar-refractivity contribution in [3.8, 4) is 0 Å². The molecule has 0 spiro atoms. The first-order valence-electron chi connectivity index (χ1n) is 7.08. The molecule has 1 saturated heterocycles. The Morgan fingerprint density at radius 3 is 2.90 bits per heavy atom. The van der Waals surface area contributed by atoms with Crippen molar-refractivity contribution in [3.05, 3.63) is 36.0 Å². The third-order valence-electron chi connectivity index (χ3n) is 4.34. The van der Waals surface area contributed by atoms with Gasteiger partial charge in [0.2, 0.25) is 0 Å². The topological polar surface area (TPSA) is 60.2 Å². The van der Waals surface area contributed by atoms with Crippen molar-refractivity contribution < 1.29 is 4.74 Å². The number of thiocarbonyl (C=S) groups is 1. The van der Waals surface area contributed by atoms with E-state index in [1.54, 1.807) is 6.20 Å². The highest BCUT2D eigenvalue weighted by Crippen LogP contribution is 2.34. The van der Waals surface area contributed by atoms with Crippen molar-refractivity contribution in [3.63, 3.8) is 0 Å². The molecule has 21 heavy (non-hydrogen) atoms. The molecule has 0 aliphatic carbocycles. The number of pyridine rings is 1. The Bertz CT molecular complexity index is 703. The van der Waals surface area contributed by atoms with Gasteiger partial charge in [-0.05, 0) is 26.3 Å². The lowest BCUT2D eigenvalue weighted by molar-refractivity contribution is 0.105. The van der Waals surface area contributed by atoms with Crippen LogP contribution in [0.2, 0.25) is 0 Å². The molecule has 5 heteroatoms. The molecule has 1 aromatic heterocycles. The molecule has 1 aliphatic rings. The van der Waals surface area contributed by atoms with E-state index in [0.29, 0.717) is 4.99 Å². The van der Waals surface area contributed by atoms with Crippen molar-refractivity contribution >= 4 is 33.8 Å². The number of hydrogen-bond acceptors (Lipinski definition) is 4. The first kappa shape index (κ1) is 14.2. The summed E-state index contributed by atoms with van der Waals surface area (Å²) in [5.41, 5.74) is 8.40. The second kappa shape index (κ2) is 5.24. The molecule has 0 bridgehead atoms. The maximum Gasteiger partial charge on any atom is 0.107 e. The van der Waals surface area contributed by atoms with E-state index in [2.05, 4.69) is 24.1 Å². The fourth-order valence-corrected chi connectivity index (χ4v) is 2.90. The zero-order valence-corrected chi connectivity index (χ0v) is 13.0. The average molecular weight is 301 g/mol. The minimum Gasteiger partial charge on any atom is -0.389 e. The maximum atomic E-state index is 5.88. The van der Waals surface area contributed by atoms with Gasteiger partial charge in [0, 0.05) is 18.2 Å². The van der Waals surface area contributed by atoms with E-state index >= 15 is 0 Å². The zero-order valence-electron chi connectivity index (χ0n) is 12.2. The molecule has 0 radical (unpaired) electrons. The summed E-state index contributed by atoms with van der Waals surface area (Å²) in [6, 6.07) is 8.00. The number of rotatable bonds is 3. The molecule has 2 heterocycles. The number of fused-ring (bicyclic) bond motifs is 1. The van der Waals surface area contributed by atoms with Crippen LogP contribution in [0.1, 0.15) is 25.8 Å². The van der Waals surface area contributed by atoms with Crippen LogP contribution in [0.5, 0.6) is 0 Å². The molecule has 1 fully saturated rings. The van der Waals surface area contributed by atoms with Crippen LogP contribution in [0.25, 0.3) is 10.9 Å². The summed E-state index contributed by atoms with van der Waals surface area (Å²) >= 11 is 5.19. The zero-order chi connectivity index (χ0) is 15.0. The molecule has 2 unspecified atom stereocenters. The number of para-hydroxylation sites is 1. The van der Waals surface area contributed by atoms with E-state index < -0.39 is 0 Å². The van der Waals surface area contributed by atoms with Gasteiger partial charge >= 0.3 is 0 Å². The van der Waals surface area contributed by atoms with E-state index in [4.69, 9.17) is 22.7 Å². The van der Waals surface area contributed by atoms with Crippen LogP contribution in [0.3, 0.4) is 0 Å². The molecule has 2 aromatic rings. The molecule has 3 rings (SSSR count). The number of nitrogens with one attached hydrogen (secondary N) is 1. The lowest BCUT2D eigenvalue weighted by atomic mass is 9.93. The van der Waals surface area contributed by atoms with Crippen molar-refractivity contribution in [2.45, 2.75) is 31.9 Å². The Labute approximate surface area is 129 Å². The van der Waals surface area contributed by atoms with Gasteiger partial charge in [0.15, 0.2) is 0 Å². The van der Waals surface area contributed by atoms with E-state index in [9.17, 15) is 0 Å². The monoisotopic (exact) mass is 301 g/mol. The van der Waals surface area contributed by atoms with Gasteiger partial charge in [0.1, 0.15) is 4.99 Å². The number of nitrogens with two attached hydrogens (primary N) is 1. The highest BCUT2D eigenvalue weighted by atomic mass is 32.1. The van der Waals surface area contributed by atoms with Crippen LogP contribution in [-0.4, -0.2) is 28.2 Å². The van der Waals surface area contributed by atoms with E-state index in [-0.39, 0.29) is 11.6 Å². The van der Waals surface area contributed by atoms with Gasteiger partial charge in [0.25, 0.3) is 0 Å². The van der Waals surface area contributed by atoms with Crippen molar-refractivity contribution in [1.29, 1.82) is 0 Å². The van der Waals surface area contributed by atoms with Crippen LogP contribution in [-0.2, 0) is 4.74 Å². The van der Waals surface area contributed by atoms with Crippen LogP contribution in [0.4, 0.5) is 5.69 Å². The molecule has 2 atom stereocenters. The lowest BCUT2D eigenvalue weighted by Gasteiger charge is -2.31. The summed E-state index contributed by atoms with van der Waals surface area (Å²) in [6.45, 7) is 5.02. The summed E-state index contributed by atoms with van der Waals surface area (Å²) in [6.07, 6.45) is 2.82. The number of anilines is 1. The normalized spacial score (nSPS) is 25.1. The number of benzene rings is 1. The van der Waals surface area contributed by atoms with Gasteiger partial charge in [-0.1, -0.05) is 30.4 Å². The molecular weight excluding hydrogens is 282 g/mol. The van der Waals surface area contributed by atoms with Crippen LogP contribution >= 0.6 is 12.2 Å². The van der Waals surface area contributed by atoms with Gasteiger partial charge in [-0.2, -0.15) is 0 Å². The van der Waals surface area contributed by atoms with E-state index in [1.165, 1.54) is 0 Å². The van der Waals surface area contributed by atoms with Crippen molar-refractivity contribution in [1.82, 2.24) is 4.98 Å². The predicted molar refractivity (Wildman–Crippen MR) is 89.7 cm³/mol. The Balaban J connectivity index is 2.15. The number of ether oxygens (including phenoxy) is 1. The van der Waals surface area contributed by atoms with Gasteiger partial charge in [0.05, 0.1) is 28.4 Å². The highest BCUT2D eigenvalue weighted by Gasteiger charge is 2.37. The minimum absolute atomic E-state index is 0.128. The molecule has 4 nitrogen and oxygen atoms in total. The Hall–Kier alpha value is -1.72. The SMILES string of the molecule is CC1OCCC1(C)Nc1c(C(N)=S)cnc2ccccc12. The maximum absolute atomic E-state index is 5.88. The fourth-order valence-electron chi connectivity index (χ4n) is 2.75. The summed E-state index contributed by atoms with van der Waals surface area (Å²) in [4.78, 5) is 4.79. The lowest BCUT2D eigenvalue weighted by Crippen LogP contribution is -2.41. The van der Waals surface area contributed by atoms with Crippen molar-refractivity contribution in [2.24, 2.45) is 5.73 Å². The fraction of sp³-hybridized carbons (Fsp3) is 0.375. The number of nitrogens with zero attached hydrogens (tertiary/aromatic N) is 1. The summed E-state index contributed by atoms with van der Waals surface area (Å²) in [5, 5.41) is 4.66. The molecule has 0 amide bonds. The molecule has 110 valence electrons. The molecule has 1 aliphatic heterocycles. The second-order valence-corrected chi connectivity index (χ2v) is 6.17. The quantitative estimate of drug-likeness (QED) is 0.854. The van der Waals surface area contributed by atoms with Crippen LogP contribution in [0, 0.1) is 0 Å². The Morgan fingerprint density at radius 2 is 2.24 bits per heavy atom. The second-order valence-electron chi connectivity index (χ2n) is 5.73. The predicted octanol–water partition coefficient (Wildman–Crippen LogP) is 2.85. The molecule has 0 saturated carbocycles. The van der Waals surface area contributed by atoms with Gasteiger partial charge in [-0.25, -0.2) is 0 Å².